The minimum atomic E-state index is -0.340. The van der Waals surface area contributed by atoms with Gasteiger partial charge >= 0.3 is 218 Å². The predicted octanol–water partition coefficient (Wildman–Crippen LogP) is 4.91. The molecule has 1 N–H and O–H groups in total. The third-order valence-electron chi connectivity index (χ3n) is 5.42. The second-order valence-corrected chi connectivity index (χ2v) is 10.2. The Hall–Kier alpha value is -4.09. The van der Waals surface area contributed by atoms with E-state index in [-0.39, 0.29) is 25.6 Å². The van der Waals surface area contributed by atoms with Crippen LogP contribution >= 0.6 is 11.6 Å². The Kier molecular flexibility index (Phi) is 6.49. The van der Waals surface area contributed by atoms with Crippen LogP contribution in [0.4, 0.5) is 4.69 Å². The summed E-state index contributed by atoms with van der Waals surface area (Å²) < 4.78 is 6.83. The van der Waals surface area contributed by atoms with Gasteiger partial charge < -0.3 is 0 Å². The van der Waals surface area contributed by atoms with Gasteiger partial charge in [0.25, 0.3) is 0 Å². The molecule has 176 valence electrons. The van der Waals surface area contributed by atoms with Gasteiger partial charge in [-0.2, -0.15) is 0 Å². The van der Waals surface area contributed by atoms with Crippen LogP contribution in [0.1, 0.15) is 21.6 Å². The second kappa shape index (κ2) is 9.88. The molecule has 0 fully saturated rings. The molecule has 10 heteroatoms. The molecule has 0 bridgehead atoms. The normalized spacial score (nSPS) is 10.7. The summed E-state index contributed by atoms with van der Waals surface area (Å²) in [6.45, 7) is 1.85. The molecule has 0 unspecified atom stereocenters. The van der Waals surface area contributed by atoms with Crippen molar-refractivity contribution in [2.24, 2.45) is 0 Å². The van der Waals surface area contributed by atoms with Crippen LogP contribution in [0.2, 0.25) is 5.15 Å². The van der Waals surface area contributed by atoms with Crippen LogP contribution in [0.3, 0.4) is 0 Å². The van der Waals surface area contributed by atoms with Crippen molar-refractivity contribution in [2.45, 2.75) is 6.92 Å². The van der Waals surface area contributed by atoms with Gasteiger partial charge in [0.2, 0.25) is 0 Å². The molecule has 1 amide bonds. The zero-order chi connectivity index (χ0) is 25.2. The Bertz CT molecular complexity index is 1660. The minimum absolute atomic E-state index is 0.287. The maximum absolute atomic E-state index is 13.3. The number of hydrogen-bond donors (Lipinski definition) is 1. The molecule has 0 aliphatic carbocycles. The summed E-state index contributed by atoms with van der Waals surface area (Å²) in [5.41, 5.74) is 5.39. The number of benzene rings is 1. The summed E-state index contributed by atoms with van der Waals surface area (Å²) in [5, 5.41) is 12.2. The fourth-order valence-corrected chi connectivity index (χ4v) is 5.57. The van der Waals surface area contributed by atoms with E-state index in [1.165, 1.54) is 19.5 Å². The van der Waals surface area contributed by atoms with Crippen LogP contribution in [-0.2, 0) is 0 Å². The molecule has 5 aromatic rings. The Morgan fingerprint density at radius 1 is 1.06 bits per heavy atom. The van der Waals surface area contributed by atoms with E-state index >= 15 is 0 Å². The number of carbonyl (C=O) groups is 1. The van der Waals surface area contributed by atoms with Crippen molar-refractivity contribution < 1.29 is 9.53 Å². The first-order valence-electron chi connectivity index (χ1n) is 10.7. The number of aromatic nitrogens is 4. The van der Waals surface area contributed by atoms with Crippen molar-refractivity contribution in [3.05, 3.63) is 82.9 Å². The Morgan fingerprint density at radius 3 is 2.61 bits per heavy atom. The van der Waals surface area contributed by atoms with Crippen LogP contribution in [-0.4, -0.2) is 47.5 Å². The van der Waals surface area contributed by atoms with E-state index in [0.29, 0.717) is 32.7 Å². The molecule has 36 heavy (non-hydrogen) atoms. The zero-order valence-corrected chi connectivity index (χ0v) is 21.6. The summed E-state index contributed by atoms with van der Waals surface area (Å²) in [6.07, 6.45) is 3.05. The monoisotopic (exact) mass is 560 g/mol. The molecule has 0 aliphatic rings. The molecule has 0 saturated heterocycles. The van der Waals surface area contributed by atoms with Gasteiger partial charge in [-0.15, -0.1) is 0 Å². The number of hydrogen-bond acceptors (Lipinski definition) is 7. The Morgan fingerprint density at radius 2 is 1.86 bits per heavy atom. The number of anilines is 1. The van der Waals surface area contributed by atoms with Gasteiger partial charge in [0.15, 0.2) is 0 Å². The van der Waals surface area contributed by atoms with Crippen LogP contribution in [0.15, 0.2) is 60.9 Å². The van der Waals surface area contributed by atoms with E-state index in [4.69, 9.17) is 26.6 Å². The molecular formula is C26H17ClN6O2Se. The number of nitriles is 1. The van der Waals surface area contributed by atoms with Gasteiger partial charge in [-0.05, 0) is 0 Å². The standard InChI is InChI=1S/C26H17ClN6O2Se/c1-14-9-17(18-10-23(27)30-13-22(18)35-2)19(12-29-14)24(34)33-26-32-21-8-7-20(31-25(21)36-26)16-5-3-15(11-28)4-6-16/h3-10,12-13H,1-2H3,(H,32,33,34). The quantitative estimate of drug-likeness (QED) is 0.240. The number of amides is 1. The molecule has 1 aromatic carbocycles. The maximum atomic E-state index is 13.3. The molecule has 4 aromatic heterocycles. The Labute approximate surface area is 217 Å². The summed E-state index contributed by atoms with van der Waals surface area (Å²) >= 11 is 5.85. The molecule has 8 nitrogen and oxygen atoms in total. The van der Waals surface area contributed by atoms with Crippen molar-refractivity contribution >= 4 is 46.6 Å². The number of rotatable bonds is 5. The number of ether oxygens (including phenoxy) is 1. The van der Waals surface area contributed by atoms with Gasteiger partial charge in [0.1, 0.15) is 0 Å². The number of nitrogens with one attached hydrogen (secondary N) is 1. The number of pyridine rings is 3. The van der Waals surface area contributed by atoms with E-state index in [9.17, 15) is 4.79 Å². The number of halogens is 1. The van der Waals surface area contributed by atoms with Crippen LogP contribution in [0.5, 0.6) is 5.75 Å². The number of methoxy groups -OCH3 is 1. The van der Waals surface area contributed by atoms with Crippen molar-refractivity contribution in [3.63, 3.8) is 0 Å². The SMILES string of the molecule is COc1cnc(Cl)cc1-c1cc(C)ncc1C(=O)Nc1nc2ccc(-c3ccc(C#N)cc3)nc2[se]1. The van der Waals surface area contributed by atoms with E-state index < -0.39 is 0 Å². The first-order chi connectivity index (χ1) is 17.4. The fraction of sp³-hybridized carbons (Fsp3) is 0.0769. The third kappa shape index (κ3) is 4.70. The topological polar surface area (TPSA) is 114 Å². The van der Waals surface area contributed by atoms with Gasteiger partial charge in [-0.3, -0.25) is 0 Å². The van der Waals surface area contributed by atoms with Crippen molar-refractivity contribution in [3.8, 4) is 34.2 Å². The second-order valence-electron chi connectivity index (χ2n) is 7.76. The van der Waals surface area contributed by atoms with Gasteiger partial charge in [-0.25, -0.2) is 0 Å². The average Bonchev–Trinajstić information content (AvgIpc) is 3.30. The van der Waals surface area contributed by atoms with Crippen LogP contribution in [0, 0.1) is 18.3 Å². The molecule has 0 radical (unpaired) electrons. The van der Waals surface area contributed by atoms with Crippen molar-refractivity contribution in [1.82, 2.24) is 19.9 Å². The summed E-state index contributed by atoms with van der Waals surface area (Å²) in [5.74, 6) is 0.154. The van der Waals surface area contributed by atoms with E-state index in [1.54, 1.807) is 18.2 Å². The molecule has 4 heterocycles. The number of nitrogens with zero attached hydrogens (tertiary/aromatic N) is 5. The summed E-state index contributed by atoms with van der Waals surface area (Å²) in [6, 6.07) is 16.6. The molecule has 0 aliphatic heterocycles. The van der Waals surface area contributed by atoms with Crippen LogP contribution in [0.25, 0.3) is 32.3 Å². The summed E-state index contributed by atoms with van der Waals surface area (Å²) in [7, 11) is 1.54. The van der Waals surface area contributed by atoms with Crippen molar-refractivity contribution in [2.75, 3.05) is 12.4 Å². The zero-order valence-electron chi connectivity index (χ0n) is 19.1. The third-order valence-corrected chi connectivity index (χ3v) is 7.47. The Balaban J connectivity index is 1.47. The van der Waals surface area contributed by atoms with Gasteiger partial charge in [0.05, 0.1) is 0 Å². The van der Waals surface area contributed by atoms with E-state index in [2.05, 4.69) is 26.3 Å². The summed E-state index contributed by atoms with van der Waals surface area (Å²) in [4.78, 5) is 31.0. The molecule has 0 spiro atoms. The number of carbonyl (C=O) groups excluding carboxylic acids is 1. The van der Waals surface area contributed by atoms with Crippen LogP contribution < -0.4 is 10.1 Å². The van der Waals surface area contributed by atoms with Gasteiger partial charge in [-0.1, -0.05) is 0 Å². The molecule has 0 atom stereocenters. The first-order valence-corrected chi connectivity index (χ1v) is 12.8. The van der Waals surface area contributed by atoms with E-state index in [0.717, 1.165) is 26.9 Å². The number of aryl methyl sites for hydroxylation is 1. The predicted molar refractivity (Wildman–Crippen MR) is 138 cm³/mol. The molecular weight excluding hydrogens is 543 g/mol. The first kappa shape index (κ1) is 23.6. The fourth-order valence-electron chi connectivity index (χ4n) is 3.67. The molecule has 5 rings (SSSR count). The van der Waals surface area contributed by atoms with Gasteiger partial charge in [0, 0.05) is 0 Å². The molecule has 0 saturated carbocycles. The van der Waals surface area contributed by atoms with Crippen molar-refractivity contribution in [1.29, 1.82) is 5.26 Å². The van der Waals surface area contributed by atoms with E-state index in [1.807, 2.05) is 37.3 Å². The average molecular weight is 560 g/mol. The number of fused-ring (bicyclic) bond motifs is 1.